The maximum Gasteiger partial charge on any atom is 0.261 e. The minimum absolute atomic E-state index is 0.0137. The lowest BCUT2D eigenvalue weighted by Crippen LogP contribution is -2.44. The van der Waals surface area contributed by atoms with Crippen LogP contribution in [0.25, 0.3) is 22.0 Å². The minimum Gasteiger partial charge on any atom is -0.396 e. The summed E-state index contributed by atoms with van der Waals surface area (Å²) in [6, 6.07) is 9.54. The van der Waals surface area contributed by atoms with E-state index in [9.17, 15) is 22.4 Å². The van der Waals surface area contributed by atoms with Crippen molar-refractivity contribution in [2.75, 3.05) is 12.9 Å². The number of aliphatic hydroxyl groups is 1. The maximum absolute atomic E-state index is 14.6. The second kappa shape index (κ2) is 9.52. The first-order valence-corrected chi connectivity index (χ1v) is 12.5. The standard InChI is InChI=1S/C24H27FN2O5S/c1-4-22(29)24(2,33(3,31)32)10-11-27-15-26-21-14-17(6-8-19(21)23(27)30)18-7-5-16(9-12-28)13-20(18)25/h5-8,13-15,28H,4,9-12H2,1-3H3/t24-/m1/s1. The Morgan fingerprint density at radius 2 is 1.94 bits per heavy atom. The van der Waals surface area contributed by atoms with Gasteiger partial charge in [-0.2, -0.15) is 0 Å². The highest BCUT2D eigenvalue weighted by Gasteiger charge is 2.41. The molecule has 3 aromatic rings. The molecule has 9 heteroatoms. The van der Waals surface area contributed by atoms with Crippen LogP contribution in [-0.4, -0.2) is 46.5 Å². The van der Waals surface area contributed by atoms with Crippen molar-refractivity contribution in [3.63, 3.8) is 0 Å². The lowest BCUT2D eigenvalue weighted by atomic mass is 9.99. The smallest absolute Gasteiger partial charge is 0.261 e. The number of nitrogens with zero attached hydrogens (tertiary/aromatic N) is 2. The molecule has 0 saturated carbocycles. The third-order valence-electron chi connectivity index (χ3n) is 6.13. The number of Topliss-reactive ketones (excluding diaryl/α,β-unsaturated/α-hetero) is 1. The molecule has 33 heavy (non-hydrogen) atoms. The first-order valence-electron chi connectivity index (χ1n) is 10.6. The molecule has 1 N–H and O–H groups in total. The van der Waals surface area contributed by atoms with E-state index < -0.39 is 26.2 Å². The summed E-state index contributed by atoms with van der Waals surface area (Å²) in [5.41, 5.74) is 1.60. The van der Waals surface area contributed by atoms with Gasteiger partial charge in [0.05, 0.1) is 17.2 Å². The Hall–Kier alpha value is -2.91. The van der Waals surface area contributed by atoms with Crippen LogP contribution < -0.4 is 5.56 Å². The Morgan fingerprint density at radius 3 is 2.55 bits per heavy atom. The minimum atomic E-state index is -3.68. The van der Waals surface area contributed by atoms with Gasteiger partial charge in [-0.25, -0.2) is 17.8 Å². The number of hydrogen-bond donors (Lipinski definition) is 1. The quantitative estimate of drug-likeness (QED) is 0.511. The molecule has 2 aromatic carbocycles. The van der Waals surface area contributed by atoms with Crippen molar-refractivity contribution in [1.82, 2.24) is 9.55 Å². The molecular weight excluding hydrogens is 447 g/mol. The highest BCUT2D eigenvalue weighted by atomic mass is 32.2. The largest absolute Gasteiger partial charge is 0.396 e. The number of ketones is 1. The number of benzene rings is 2. The summed E-state index contributed by atoms with van der Waals surface area (Å²) in [6.07, 6.45) is 2.73. The van der Waals surface area contributed by atoms with Gasteiger partial charge in [-0.3, -0.25) is 14.2 Å². The van der Waals surface area contributed by atoms with Gasteiger partial charge in [0.15, 0.2) is 15.6 Å². The first-order chi connectivity index (χ1) is 15.5. The SMILES string of the molecule is CCC(=O)[C@@](C)(CCn1cnc2cc(-c3ccc(CCO)cc3F)ccc2c1=O)S(C)(=O)=O. The van der Waals surface area contributed by atoms with Gasteiger partial charge in [0.2, 0.25) is 0 Å². The number of aliphatic hydroxyl groups excluding tert-OH is 1. The summed E-state index contributed by atoms with van der Waals surface area (Å²) >= 11 is 0. The first kappa shape index (κ1) is 24.7. The molecular formula is C24H27FN2O5S. The molecule has 0 aliphatic carbocycles. The molecule has 0 radical (unpaired) electrons. The van der Waals surface area contributed by atoms with E-state index in [1.165, 1.54) is 23.9 Å². The average molecular weight is 475 g/mol. The van der Waals surface area contributed by atoms with Crippen LogP contribution in [0.2, 0.25) is 0 Å². The van der Waals surface area contributed by atoms with Crippen molar-refractivity contribution >= 4 is 26.5 Å². The Kier molecular flexibility index (Phi) is 7.14. The van der Waals surface area contributed by atoms with Crippen LogP contribution >= 0.6 is 0 Å². The fourth-order valence-corrected chi connectivity index (χ4v) is 4.82. The number of sulfone groups is 1. The van der Waals surface area contributed by atoms with Gasteiger partial charge in [-0.15, -0.1) is 0 Å². The van der Waals surface area contributed by atoms with E-state index in [0.717, 1.165) is 6.26 Å². The van der Waals surface area contributed by atoms with Crippen molar-refractivity contribution in [2.45, 2.75) is 44.4 Å². The summed E-state index contributed by atoms with van der Waals surface area (Å²) in [6.45, 7) is 2.94. The van der Waals surface area contributed by atoms with E-state index in [1.807, 2.05) is 0 Å². The van der Waals surface area contributed by atoms with E-state index in [4.69, 9.17) is 5.11 Å². The van der Waals surface area contributed by atoms with E-state index >= 15 is 0 Å². The Labute approximate surface area is 191 Å². The van der Waals surface area contributed by atoms with E-state index in [1.54, 1.807) is 37.3 Å². The number of fused-ring (bicyclic) bond motifs is 1. The number of carbonyl (C=O) groups is 1. The molecule has 0 saturated heterocycles. The van der Waals surface area contributed by atoms with Crippen LogP contribution in [0.3, 0.4) is 0 Å². The van der Waals surface area contributed by atoms with Crippen molar-refractivity contribution in [3.8, 4) is 11.1 Å². The van der Waals surface area contributed by atoms with Gasteiger partial charge in [0, 0.05) is 31.4 Å². The predicted molar refractivity (Wildman–Crippen MR) is 125 cm³/mol. The van der Waals surface area contributed by atoms with Crippen molar-refractivity contribution < 1.29 is 22.7 Å². The van der Waals surface area contributed by atoms with Crippen molar-refractivity contribution in [1.29, 1.82) is 0 Å². The van der Waals surface area contributed by atoms with Crippen LogP contribution in [0.1, 0.15) is 32.3 Å². The summed E-state index contributed by atoms with van der Waals surface area (Å²) < 4.78 is 38.8. The fraction of sp³-hybridized carbons (Fsp3) is 0.375. The van der Waals surface area contributed by atoms with E-state index in [0.29, 0.717) is 34.0 Å². The molecule has 7 nitrogen and oxygen atoms in total. The van der Waals surface area contributed by atoms with Gasteiger partial charge in [0.1, 0.15) is 10.6 Å². The Balaban J connectivity index is 1.94. The normalized spacial score (nSPS) is 13.7. The Bertz CT molecular complexity index is 1370. The summed E-state index contributed by atoms with van der Waals surface area (Å²) in [5, 5.41) is 9.32. The summed E-state index contributed by atoms with van der Waals surface area (Å²) in [4.78, 5) is 29.6. The molecule has 0 spiro atoms. The van der Waals surface area contributed by atoms with Gasteiger partial charge in [0.25, 0.3) is 5.56 Å². The highest BCUT2D eigenvalue weighted by molar-refractivity contribution is 7.92. The zero-order valence-electron chi connectivity index (χ0n) is 18.8. The number of hydrogen-bond acceptors (Lipinski definition) is 6. The van der Waals surface area contributed by atoms with Gasteiger partial charge >= 0.3 is 0 Å². The number of carbonyl (C=O) groups excluding carboxylic acids is 1. The molecule has 1 aromatic heterocycles. The summed E-state index contributed by atoms with van der Waals surface area (Å²) in [5.74, 6) is -0.835. The topological polar surface area (TPSA) is 106 Å². The zero-order valence-corrected chi connectivity index (χ0v) is 19.7. The molecule has 0 aliphatic heterocycles. The number of aromatic nitrogens is 2. The summed E-state index contributed by atoms with van der Waals surface area (Å²) in [7, 11) is -3.68. The molecule has 0 bridgehead atoms. The monoisotopic (exact) mass is 474 g/mol. The third kappa shape index (κ3) is 4.89. The number of rotatable bonds is 9. The van der Waals surface area contributed by atoms with Crippen LogP contribution in [-0.2, 0) is 27.6 Å². The lowest BCUT2D eigenvalue weighted by molar-refractivity contribution is -0.121. The molecule has 1 heterocycles. The highest BCUT2D eigenvalue weighted by Crippen LogP contribution is 2.27. The molecule has 3 rings (SSSR count). The van der Waals surface area contributed by atoms with Crippen LogP contribution in [0, 0.1) is 5.82 Å². The molecule has 0 amide bonds. The maximum atomic E-state index is 14.6. The van der Waals surface area contributed by atoms with Gasteiger partial charge in [-0.05, 0) is 49.1 Å². The van der Waals surface area contributed by atoms with Crippen molar-refractivity contribution in [2.24, 2.45) is 0 Å². The van der Waals surface area contributed by atoms with Crippen molar-refractivity contribution in [3.05, 3.63) is 64.5 Å². The van der Waals surface area contributed by atoms with Crippen LogP contribution in [0.5, 0.6) is 0 Å². The fourth-order valence-electron chi connectivity index (χ4n) is 3.80. The second-order valence-electron chi connectivity index (χ2n) is 8.29. The Morgan fingerprint density at radius 1 is 1.21 bits per heavy atom. The number of aryl methyl sites for hydroxylation is 1. The average Bonchev–Trinajstić information content (AvgIpc) is 2.77. The van der Waals surface area contributed by atoms with Crippen LogP contribution in [0.15, 0.2) is 47.5 Å². The zero-order chi connectivity index (χ0) is 24.4. The predicted octanol–water partition coefficient (Wildman–Crippen LogP) is 2.91. The van der Waals surface area contributed by atoms with Crippen LogP contribution in [0.4, 0.5) is 4.39 Å². The molecule has 0 unspecified atom stereocenters. The van der Waals surface area contributed by atoms with Gasteiger partial charge < -0.3 is 5.11 Å². The molecule has 176 valence electrons. The molecule has 1 atom stereocenters. The third-order valence-corrected chi connectivity index (χ3v) is 8.20. The number of halogens is 1. The van der Waals surface area contributed by atoms with E-state index in [-0.39, 0.29) is 31.6 Å². The van der Waals surface area contributed by atoms with E-state index in [2.05, 4.69) is 4.98 Å². The molecule has 0 fully saturated rings. The second-order valence-corrected chi connectivity index (χ2v) is 10.7. The lowest BCUT2D eigenvalue weighted by Gasteiger charge is -2.26. The van der Waals surface area contributed by atoms with Gasteiger partial charge in [-0.1, -0.05) is 25.1 Å². The molecule has 0 aliphatic rings.